The van der Waals surface area contributed by atoms with Gasteiger partial charge in [-0.1, -0.05) is 36.4 Å². The molecule has 5 nitrogen and oxygen atoms in total. The third-order valence-corrected chi connectivity index (χ3v) is 3.46. The molecule has 26 heavy (non-hydrogen) atoms. The van der Waals surface area contributed by atoms with Gasteiger partial charge in [0.15, 0.2) is 5.76 Å². The summed E-state index contributed by atoms with van der Waals surface area (Å²) in [5.74, 6) is -3.32. The van der Waals surface area contributed by atoms with Crippen LogP contribution in [0.4, 0.5) is 14.5 Å². The van der Waals surface area contributed by atoms with Gasteiger partial charge in [-0.3, -0.25) is 9.59 Å². The summed E-state index contributed by atoms with van der Waals surface area (Å²) in [6.45, 7) is 0.150. The van der Waals surface area contributed by atoms with Crippen LogP contribution in [0.5, 0.6) is 5.75 Å². The first-order valence-electron chi connectivity index (χ1n) is 7.59. The summed E-state index contributed by atoms with van der Waals surface area (Å²) in [6, 6.07) is 13.2. The van der Waals surface area contributed by atoms with Crippen LogP contribution in [0.15, 0.2) is 70.1 Å². The normalized spacial score (nSPS) is 10.4. The lowest BCUT2D eigenvalue weighted by Crippen LogP contribution is -2.17. The minimum atomic E-state index is -0.958. The molecule has 0 radical (unpaired) electrons. The topological polar surface area (TPSA) is 68.5 Å². The highest BCUT2D eigenvalue weighted by molar-refractivity contribution is 6.02. The van der Waals surface area contributed by atoms with Crippen molar-refractivity contribution in [2.75, 3.05) is 5.32 Å². The van der Waals surface area contributed by atoms with Crippen LogP contribution in [0.2, 0.25) is 0 Å². The number of para-hydroxylation sites is 1. The van der Waals surface area contributed by atoms with Gasteiger partial charge in [0, 0.05) is 6.07 Å². The summed E-state index contributed by atoms with van der Waals surface area (Å²) in [5, 5.41) is 2.04. The van der Waals surface area contributed by atoms with Gasteiger partial charge in [-0.2, -0.15) is 0 Å². The van der Waals surface area contributed by atoms with Crippen molar-refractivity contribution in [3.63, 3.8) is 0 Å². The molecule has 3 aromatic rings. The number of nitrogens with one attached hydrogen (secondary N) is 1. The number of rotatable bonds is 5. The minimum Gasteiger partial charge on any atom is -0.482 e. The molecule has 7 heteroatoms. The second-order valence-corrected chi connectivity index (χ2v) is 5.30. The van der Waals surface area contributed by atoms with E-state index in [1.807, 2.05) is 35.6 Å². The van der Waals surface area contributed by atoms with E-state index < -0.39 is 34.4 Å². The minimum absolute atomic E-state index is 0.0810. The maximum atomic E-state index is 13.6. The van der Waals surface area contributed by atoms with Crippen molar-refractivity contribution in [2.24, 2.45) is 0 Å². The van der Waals surface area contributed by atoms with Crippen LogP contribution in [0.1, 0.15) is 16.1 Å². The van der Waals surface area contributed by atoms with Crippen LogP contribution < -0.4 is 15.5 Å². The van der Waals surface area contributed by atoms with E-state index in [0.717, 1.165) is 30.0 Å². The smallest absolute Gasteiger partial charge is 0.291 e. The van der Waals surface area contributed by atoms with Gasteiger partial charge in [0.1, 0.15) is 30.2 Å². The first kappa shape index (κ1) is 17.3. The summed E-state index contributed by atoms with van der Waals surface area (Å²) >= 11 is 0. The highest BCUT2D eigenvalue weighted by atomic mass is 19.1. The number of carbonyl (C=O) groups excluding carboxylic acids is 1. The van der Waals surface area contributed by atoms with Gasteiger partial charge in [0.05, 0.1) is 0 Å². The molecule has 1 aromatic heterocycles. The van der Waals surface area contributed by atoms with Gasteiger partial charge in [0.2, 0.25) is 11.2 Å². The molecular formula is C19H13F2NO4. The molecule has 3 rings (SSSR count). The number of hydrogen-bond acceptors (Lipinski definition) is 4. The Kier molecular flexibility index (Phi) is 5.07. The highest BCUT2D eigenvalue weighted by Gasteiger charge is 2.16. The summed E-state index contributed by atoms with van der Waals surface area (Å²) in [5.41, 5.74) is -0.361. The van der Waals surface area contributed by atoms with E-state index in [2.05, 4.69) is 0 Å². The standard InChI is InChI=1S/C19H13F2NO4/c20-13-7-4-8-14(21)18(13)22-19(24)16-9-15(23)17(11-26-16)25-10-12-5-2-1-3-6-12/h1-9,11H,10H2,(H,22,24). The number of benzene rings is 2. The van der Waals surface area contributed by atoms with E-state index in [4.69, 9.17) is 9.15 Å². The van der Waals surface area contributed by atoms with Gasteiger partial charge in [-0.15, -0.1) is 0 Å². The van der Waals surface area contributed by atoms with Crippen molar-refractivity contribution < 1.29 is 22.7 Å². The summed E-state index contributed by atoms with van der Waals surface area (Å²) in [6.07, 6.45) is 0.984. The Labute approximate surface area is 146 Å². The number of amides is 1. The van der Waals surface area contributed by atoms with Crippen molar-refractivity contribution in [1.29, 1.82) is 0 Å². The van der Waals surface area contributed by atoms with E-state index in [9.17, 15) is 18.4 Å². The zero-order valence-corrected chi connectivity index (χ0v) is 13.4. The fraction of sp³-hybridized carbons (Fsp3) is 0.0526. The van der Waals surface area contributed by atoms with Crippen LogP contribution in [0.3, 0.4) is 0 Å². The lowest BCUT2D eigenvalue weighted by Gasteiger charge is -2.08. The molecule has 0 unspecified atom stereocenters. The number of halogens is 2. The van der Waals surface area contributed by atoms with Crippen LogP contribution in [-0.4, -0.2) is 5.91 Å². The van der Waals surface area contributed by atoms with E-state index in [1.54, 1.807) is 0 Å². The van der Waals surface area contributed by atoms with Crippen LogP contribution in [0.25, 0.3) is 0 Å². The molecule has 1 heterocycles. The van der Waals surface area contributed by atoms with Gasteiger partial charge < -0.3 is 14.5 Å². The lowest BCUT2D eigenvalue weighted by atomic mass is 10.2. The van der Waals surface area contributed by atoms with Crippen LogP contribution in [0, 0.1) is 11.6 Å². The average Bonchev–Trinajstić information content (AvgIpc) is 2.64. The number of hydrogen-bond donors (Lipinski definition) is 1. The molecule has 0 atom stereocenters. The quantitative estimate of drug-likeness (QED) is 0.755. The first-order chi connectivity index (χ1) is 12.5. The second-order valence-electron chi connectivity index (χ2n) is 5.30. The lowest BCUT2D eigenvalue weighted by molar-refractivity contribution is 0.0992. The van der Waals surface area contributed by atoms with E-state index >= 15 is 0 Å². The van der Waals surface area contributed by atoms with Crippen molar-refractivity contribution >= 4 is 11.6 Å². The summed E-state index contributed by atoms with van der Waals surface area (Å²) in [4.78, 5) is 24.1. The molecule has 1 N–H and O–H groups in total. The van der Waals surface area contributed by atoms with Crippen molar-refractivity contribution in [1.82, 2.24) is 0 Å². The molecule has 0 spiro atoms. The monoisotopic (exact) mass is 357 g/mol. The Morgan fingerprint density at radius 3 is 2.38 bits per heavy atom. The molecule has 1 amide bonds. The Bertz CT molecular complexity index is 966. The zero-order chi connectivity index (χ0) is 18.5. The first-order valence-corrected chi connectivity index (χ1v) is 7.59. The van der Waals surface area contributed by atoms with Gasteiger partial charge in [-0.25, -0.2) is 8.78 Å². The maximum absolute atomic E-state index is 13.6. The Morgan fingerprint density at radius 2 is 1.73 bits per heavy atom. The van der Waals surface area contributed by atoms with Crippen LogP contribution in [-0.2, 0) is 6.61 Å². The van der Waals surface area contributed by atoms with Gasteiger partial charge in [0.25, 0.3) is 5.91 Å². The predicted molar refractivity (Wildman–Crippen MR) is 90.1 cm³/mol. The van der Waals surface area contributed by atoms with E-state index in [0.29, 0.717) is 0 Å². The van der Waals surface area contributed by atoms with Crippen molar-refractivity contribution in [3.05, 3.63) is 94.0 Å². The Balaban J connectivity index is 1.72. The molecule has 0 aliphatic heterocycles. The molecule has 0 bridgehead atoms. The van der Waals surface area contributed by atoms with E-state index in [-0.39, 0.29) is 12.4 Å². The molecule has 132 valence electrons. The molecule has 2 aromatic carbocycles. The van der Waals surface area contributed by atoms with Gasteiger partial charge in [-0.05, 0) is 17.7 Å². The molecule has 0 fully saturated rings. The molecule has 0 saturated heterocycles. The van der Waals surface area contributed by atoms with Crippen LogP contribution >= 0.6 is 0 Å². The molecule has 0 aliphatic carbocycles. The van der Waals surface area contributed by atoms with Crippen molar-refractivity contribution in [2.45, 2.75) is 6.61 Å². The largest absolute Gasteiger partial charge is 0.482 e. The number of ether oxygens (including phenoxy) is 1. The third kappa shape index (κ3) is 3.94. The average molecular weight is 357 g/mol. The SMILES string of the molecule is O=C(Nc1c(F)cccc1F)c1cc(=O)c(OCc2ccccc2)co1. The number of carbonyl (C=O) groups is 1. The zero-order valence-electron chi connectivity index (χ0n) is 13.4. The second kappa shape index (κ2) is 7.60. The third-order valence-electron chi connectivity index (χ3n) is 3.46. The maximum Gasteiger partial charge on any atom is 0.291 e. The summed E-state index contributed by atoms with van der Waals surface area (Å²) < 4.78 is 37.5. The Morgan fingerprint density at radius 1 is 1.04 bits per heavy atom. The summed E-state index contributed by atoms with van der Waals surface area (Å²) in [7, 11) is 0. The predicted octanol–water partition coefficient (Wildman–Crippen LogP) is 3.75. The fourth-order valence-electron chi connectivity index (χ4n) is 2.15. The molecule has 0 saturated carbocycles. The van der Waals surface area contributed by atoms with E-state index in [1.165, 1.54) is 6.07 Å². The number of anilines is 1. The van der Waals surface area contributed by atoms with Crippen molar-refractivity contribution in [3.8, 4) is 5.75 Å². The highest BCUT2D eigenvalue weighted by Crippen LogP contribution is 2.19. The molecule has 0 aliphatic rings. The molecular weight excluding hydrogens is 344 g/mol. The van der Waals surface area contributed by atoms with Gasteiger partial charge >= 0.3 is 0 Å². The fourth-order valence-corrected chi connectivity index (χ4v) is 2.15. The Hall–Kier alpha value is -3.48.